The van der Waals surface area contributed by atoms with Crippen molar-refractivity contribution in [1.29, 1.82) is 0 Å². The third-order valence-electron chi connectivity index (χ3n) is 1.44. The average molecular weight is 175 g/mol. The van der Waals surface area contributed by atoms with Crippen LogP contribution in [0.15, 0.2) is 0 Å². The lowest BCUT2D eigenvalue weighted by Crippen LogP contribution is -2.09. The minimum absolute atomic E-state index is 0.0551. The summed E-state index contributed by atoms with van der Waals surface area (Å²) < 4.78 is 5.46. The van der Waals surface area contributed by atoms with E-state index >= 15 is 0 Å². The van der Waals surface area contributed by atoms with Crippen LogP contribution >= 0.6 is 0 Å². The molecule has 0 aliphatic carbocycles. The molecular weight excluding hydrogens is 154 g/mol. The molecule has 2 nitrogen and oxygen atoms in total. The van der Waals surface area contributed by atoms with Gasteiger partial charge in [0.25, 0.3) is 0 Å². The Hall–Kier alpha value is 0.137. The summed E-state index contributed by atoms with van der Waals surface area (Å²) in [5, 5.41) is 0. The van der Waals surface area contributed by atoms with Crippen LogP contribution in [-0.2, 0) is 4.74 Å². The van der Waals surface area contributed by atoms with Crippen LogP contribution in [0.5, 0.6) is 0 Å². The van der Waals surface area contributed by atoms with Crippen LogP contribution in [0.3, 0.4) is 0 Å². The van der Waals surface area contributed by atoms with Crippen LogP contribution < -0.4 is 5.73 Å². The first-order chi connectivity index (χ1) is 5.27. The maximum absolute atomic E-state index is 5.46. The second-order valence-electron chi connectivity index (χ2n) is 3.32. The molecule has 0 heterocycles. The lowest BCUT2D eigenvalue weighted by molar-refractivity contribution is 0.147. The molecule has 0 aromatic rings. The van der Waals surface area contributed by atoms with Gasteiger partial charge in [-0.05, 0) is 18.9 Å². The summed E-state index contributed by atoms with van der Waals surface area (Å²) in [4.78, 5) is 0. The van der Waals surface area contributed by atoms with E-state index in [9.17, 15) is 0 Å². The molecule has 2 N–H and O–H groups in total. The van der Waals surface area contributed by atoms with E-state index in [0.717, 1.165) is 19.4 Å². The summed E-state index contributed by atoms with van der Waals surface area (Å²) >= 11 is 0. The summed E-state index contributed by atoms with van der Waals surface area (Å²) in [7, 11) is 0.0551. The molecule has 0 spiro atoms. The molecule has 0 amide bonds. The third kappa shape index (κ3) is 10.1. The molecular formula is C8H21NOSi. The van der Waals surface area contributed by atoms with E-state index < -0.39 is 0 Å². The van der Waals surface area contributed by atoms with Gasteiger partial charge in [0.2, 0.25) is 0 Å². The number of rotatable bonds is 7. The monoisotopic (exact) mass is 175 g/mol. The summed E-state index contributed by atoms with van der Waals surface area (Å²) in [6.07, 6.45) is 2.23. The molecule has 0 unspecified atom stereocenters. The topological polar surface area (TPSA) is 35.2 Å². The SMILES string of the molecule is CC(C)COC[SiH2]CCCN. The number of hydrogen-bond donors (Lipinski definition) is 1. The first kappa shape index (κ1) is 11.1. The van der Waals surface area contributed by atoms with Gasteiger partial charge < -0.3 is 10.5 Å². The van der Waals surface area contributed by atoms with Crippen LogP contribution in [0.1, 0.15) is 20.3 Å². The van der Waals surface area contributed by atoms with Gasteiger partial charge in [0, 0.05) is 12.8 Å². The number of hydrogen-bond acceptors (Lipinski definition) is 2. The van der Waals surface area contributed by atoms with Gasteiger partial charge in [0.1, 0.15) is 0 Å². The van der Waals surface area contributed by atoms with Gasteiger partial charge >= 0.3 is 0 Å². The van der Waals surface area contributed by atoms with Gasteiger partial charge in [0.05, 0.1) is 9.52 Å². The first-order valence-electron chi connectivity index (χ1n) is 4.55. The molecule has 0 aromatic heterocycles. The lowest BCUT2D eigenvalue weighted by Gasteiger charge is -2.05. The molecule has 11 heavy (non-hydrogen) atoms. The smallest absolute Gasteiger partial charge is 0.0516 e. The zero-order valence-electron chi connectivity index (χ0n) is 7.81. The second-order valence-corrected chi connectivity index (χ2v) is 5.14. The maximum Gasteiger partial charge on any atom is 0.0516 e. The van der Waals surface area contributed by atoms with Crippen LogP contribution in [0.4, 0.5) is 0 Å². The lowest BCUT2D eigenvalue weighted by atomic mass is 10.2. The zero-order chi connectivity index (χ0) is 8.53. The molecule has 0 rings (SSSR count). The van der Waals surface area contributed by atoms with Crippen LogP contribution in [0, 0.1) is 5.92 Å². The largest absolute Gasteiger partial charge is 0.385 e. The highest BCUT2D eigenvalue weighted by atomic mass is 28.2. The van der Waals surface area contributed by atoms with Gasteiger partial charge in [-0.25, -0.2) is 0 Å². The first-order valence-corrected chi connectivity index (χ1v) is 6.55. The van der Waals surface area contributed by atoms with E-state index in [1.807, 2.05) is 0 Å². The van der Waals surface area contributed by atoms with Crippen LogP contribution in [0.2, 0.25) is 6.04 Å². The zero-order valence-corrected chi connectivity index (χ0v) is 9.22. The Bertz CT molecular complexity index is 78.5. The third-order valence-corrected chi connectivity index (χ3v) is 3.02. The highest BCUT2D eigenvalue weighted by Crippen LogP contribution is 1.92. The fraction of sp³-hybridized carbons (Fsp3) is 1.00. The van der Waals surface area contributed by atoms with Crippen LogP contribution in [-0.4, -0.2) is 28.9 Å². The van der Waals surface area contributed by atoms with Crippen molar-refractivity contribution in [3.05, 3.63) is 0 Å². The van der Waals surface area contributed by atoms with Gasteiger partial charge in [0.15, 0.2) is 0 Å². The van der Waals surface area contributed by atoms with Crippen molar-refractivity contribution in [3.63, 3.8) is 0 Å². The molecule has 68 valence electrons. The minimum Gasteiger partial charge on any atom is -0.385 e. The molecule has 0 saturated carbocycles. The van der Waals surface area contributed by atoms with Crippen molar-refractivity contribution in [1.82, 2.24) is 0 Å². The second kappa shape index (κ2) is 8.24. The van der Waals surface area contributed by atoms with Gasteiger partial charge in [-0.2, -0.15) is 0 Å². The Morgan fingerprint density at radius 1 is 1.45 bits per heavy atom. The van der Waals surface area contributed by atoms with Crippen LogP contribution in [0.25, 0.3) is 0 Å². The quantitative estimate of drug-likeness (QED) is 0.453. The van der Waals surface area contributed by atoms with E-state index in [1.165, 1.54) is 12.5 Å². The molecule has 0 aliphatic heterocycles. The summed E-state index contributed by atoms with van der Waals surface area (Å²) in [5.74, 6) is 0.679. The summed E-state index contributed by atoms with van der Waals surface area (Å²) in [6, 6.07) is 1.34. The Morgan fingerprint density at radius 3 is 2.73 bits per heavy atom. The average Bonchev–Trinajstić information content (AvgIpc) is 1.96. The molecule has 0 aliphatic rings. The predicted octanol–water partition coefficient (Wildman–Crippen LogP) is 0.552. The van der Waals surface area contributed by atoms with E-state index in [0.29, 0.717) is 5.92 Å². The summed E-state index contributed by atoms with van der Waals surface area (Å²) in [5.41, 5.74) is 5.37. The highest BCUT2D eigenvalue weighted by Gasteiger charge is 1.93. The summed E-state index contributed by atoms with van der Waals surface area (Å²) in [6.45, 7) is 6.13. The molecule has 3 heteroatoms. The van der Waals surface area contributed by atoms with E-state index in [2.05, 4.69) is 13.8 Å². The molecule has 0 fully saturated rings. The van der Waals surface area contributed by atoms with Gasteiger partial charge in [-0.15, -0.1) is 0 Å². The Kier molecular flexibility index (Phi) is 8.34. The number of ether oxygens (including phenoxy) is 1. The standard InChI is InChI=1S/C8H21NOSi/c1-8(2)6-10-7-11-5-3-4-9/h8H,3-7,9,11H2,1-2H3. The van der Waals surface area contributed by atoms with E-state index in [1.54, 1.807) is 0 Å². The van der Waals surface area contributed by atoms with Crippen molar-refractivity contribution in [2.24, 2.45) is 11.7 Å². The van der Waals surface area contributed by atoms with E-state index in [-0.39, 0.29) is 9.52 Å². The molecule has 0 radical (unpaired) electrons. The molecule has 0 bridgehead atoms. The van der Waals surface area contributed by atoms with Crippen molar-refractivity contribution in [3.8, 4) is 0 Å². The van der Waals surface area contributed by atoms with Gasteiger partial charge in [-0.3, -0.25) is 0 Å². The Labute approximate surface area is 72.3 Å². The minimum atomic E-state index is 0.0551. The van der Waals surface area contributed by atoms with Gasteiger partial charge in [-0.1, -0.05) is 19.9 Å². The molecule has 0 atom stereocenters. The fourth-order valence-corrected chi connectivity index (χ4v) is 2.06. The predicted molar refractivity (Wildman–Crippen MR) is 52.7 cm³/mol. The Balaban J connectivity index is 2.80. The maximum atomic E-state index is 5.46. The fourth-order valence-electron chi connectivity index (χ4n) is 0.844. The molecule has 0 saturated heterocycles. The van der Waals surface area contributed by atoms with Crippen molar-refractivity contribution in [2.75, 3.05) is 19.4 Å². The van der Waals surface area contributed by atoms with Crippen molar-refractivity contribution >= 4 is 9.52 Å². The Morgan fingerprint density at radius 2 is 2.18 bits per heavy atom. The highest BCUT2D eigenvalue weighted by molar-refractivity contribution is 6.35. The molecule has 0 aromatic carbocycles. The van der Waals surface area contributed by atoms with Crippen molar-refractivity contribution in [2.45, 2.75) is 26.3 Å². The van der Waals surface area contributed by atoms with E-state index in [4.69, 9.17) is 10.5 Å². The number of nitrogens with two attached hydrogens (primary N) is 1. The van der Waals surface area contributed by atoms with Crippen molar-refractivity contribution < 1.29 is 4.74 Å². The normalized spacial score (nSPS) is 12.0.